The Morgan fingerprint density at radius 1 is 1.28 bits per heavy atom. The first-order chi connectivity index (χ1) is 17.4. The Morgan fingerprint density at radius 2 is 2.08 bits per heavy atom. The predicted octanol–water partition coefficient (Wildman–Crippen LogP) is 2.44. The van der Waals surface area contributed by atoms with E-state index in [1.807, 2.05) is 25.1 Å². The maximum atomic E-state index is 13.3. The lowest BCUT2D eigenvalue weighted by Gasteiger charge is -2.18. The molecule has 0 bridgehead atoms. The number of nitrogens with one attached hydrogen (secondary N) is 2. The van der Waals surface area contributed by atoms with Crippen molar-refractivity contribution in [2.24, 2.45) is 5.92 Å². The molecule has 2 amide bonds. The van der Waals surface area contributed by atoms with Crippen LogP contribution in [-0.4, -0.2) is 75.7 Å². The SMILES string of the molecule is COc1ccc(-c2ncnc3c(C(=O)N[C@@H]4CCN(C(=O)[C@H](C)O)C4)c(C)[nH]c23)c(OCC2CC2)c1. The summed E-state index contributed by atoms with van der Waals surface area (Å²) in [4.78, 5) is 39.2. The third kappa shape index (κ3) is 4.73. The van der Waals surface area contributed by atoms with Crippen molar-refractivity contribution >= 4 is 22.8 Å². The number of aromatic nitrogens is 3. The van der Waals surface area contributed by atoms with Gasteiger partial charge in [-0.05, 0) is 51.2 Å². The molecule has 1 aliphatic carbocycles. The Hall–Kier alpha value is -3.66. The number of aliphatic hydroxyl groups is 1. The largest absolute Gasteiger partial charge is 0.497 e. The van der Waals surface area contributed by atoms with Gasteiger partial charge < -0.3 is 29.8 Å². The molecule has 0 unspecified atom stereocenters. The molecule has 3 heterocycles. The number of aliphatic hydroxyl groups excluding tert-OH is 1. The number of ether oxygens (including phenoxy) is 2. The van der Waals surface area contributed by atoms with E-state index >= 15 is 0 Å². The van der Waals surface area contributed by atoms with Gasteiger partial charge in [-0.3, -0.25) is 9.59 Å². The van der Waals surface area contributed by atoms with Gasteiger partial charge in [0.15, 0.2) is 0 Å². The quantitative estimate of drug-likeness (QED) is 0.439. The lowest BCUT2D eigenvalue weighted by molar-refractivity contribution is -0.138. The maximum absolute atomic E-state index is 13.3. The molecule has 0 radical (unpaired) electrons. The average molecular weight is 494 g/mol. The second-order valence-corrected chi connectivity index (χ2v) is 9.61. The number of benzene rings is 1. The molecule has 1 aromatic carbocycles. The van der Waals surface area contributed by atoms with Crippen LogP contribution in [0.5, 0.6) is 11.5 Å². The van der Waals surface area contributed by atoms with Crippen molar-refractivity contribution in [1.82, 2.24) is 25.2 Å². The molecule has 3 aromatic rings. The number of carbonyl (C=O) groups is 2. The van der Waals surface area contributed by atoms with Crippen molar-refractivity contribution in [2.45, 2.75) is 45.3 Å². The van der Waals surface area contributed by atoms with Crippen molar-refractivity contribution in [2.75, 3.05) is 26.8 Å². The predicted molar refractivity (Wildman–Crippen MR) is 133 cm³/mol. The molecule has 0 spiro atoms. The van der Waals surface area contributed by atoms with Gasteiger partial charge in [-0.2, -0.15) is 0 Å². The molecule has 36 heavy (non-hydrogen) atoms. The highest BCUT2D eigenvalue weighted by atomic mass is 16.5. The van der Waals surface area contributed by atoms with Crippen LogP contribution in [0.3, 0.4) is 0 Å². The number of hydrogen-bond acceptors (Lipinski definition) is 7. The first kappa shape index (κ1) is 24.1. The lowest BCUT2D eigenvalue weighted by atomic mass is 10.1. The fourth-order valence-electron chi connectivity index (χ4n) is 4.64. The van der Waals surface area contributed by atoms with E-state index in [9.17, 15) is 14.7 Å². The summed E-state index contributed by atoms with van der Waals surface area (Å²) in [6, 6.07) is 5.42. The average Bonchev–Trinajstić information content (AvgIpc) is 3.48. The monoisotopic (exact) mass is 493 g/mol. The maximum Gasteiger partial charge on any atom is 0.255 e. The molecule has 1 saturated heterocycles. The van der Waals surface area contributed by atoms with Gasteiger partial charge in [0.25, 0.3) is 11.8 Å². The van der Waals surface area contributed by atoms with E-state index < -0.39 is 6.10 Å². The van der Waals surface area contributed by atoms with Crippen LogP contribution in [0.2, 0.25) is 0 Å². The third-order valence-corrected chi connectivity index (χ3v) is 6.81. The summed E-state index contributed by atoms with van der Waals surface area (Å²) in [7, 11) is 1.62. The number of likely N-dealkylation sites (tertiary alicyclic amines) is 1. The number of carbonyl (C=O) groups excluding carboxylic acids is 2. The molecule has 1 saturated carbocycles. The topological polar surface area (TPSA) is 130 Å². The highest BCUT2D eigenvalue weighted by molar-refractivity contribution is 6.09. The van der Waals surface area contributed by atoms with Crippen LogP contribution in [0.25, 0.3) is 22.3 Å². The Morgan fingerprint density at radius 3 is 2.81 bits per heavy atom. The normalized spacial score (nSPS) is 18.3. The van der Waals surface area contributed by atoms with E-state index in [-0.39, 0.29) is 17.9 Å². The zero-order chi connectivity index (χ0) is 25.4. The van der Waals surface area contributed by atoms with Crippen LogP contribution >= 0.6 is 0 Å². The molecule has 3 N–H and O–H groups in total. The number of fused-ring (bicyclic) bond motifs is 1. The Bertz CT molecular complexity index is 1300. The van der Waals surface area contributed by atoms with Gasteiger partial charge in [-0.15, -0.1) is 0 Å². The lowest BCUT2D eigenvalue weighted by Crippen LogP contribution is -2.41. The van der Waals surface area contributed by atoms with E-state index in [0.29, 0.717) is 71.5 Å². The molecular weight excluding hydrogens is 462 g/mol. The third-order valence-electron chi connectivity index (χ3n) is 6.81. The van der Waals surface area contributed by atoms with Gasteiger partial charge in [0.2, 0.25) is 0 Å². The molecule has 2 aliphatic rings. The number of nitrogens with zero attached hydrogens (tertiary/aromatic N) is 3. The number of methoxy groups -OCH3 is 1. The molecular formula is C26H31N5O5. The number of amides is 2. The second kappa shape index (κ2) is 9.77. The number of aromatic amines is 1. The zero-order valence-electron chi connectivity index (χ0n) is 20.7. The van der Waals surface area contributed by atoms with Gasteiger partial charge in [-0.25, -0.2) is 9.97 Å². The fourth-order valence-corrected chi connectivity index (χ4v) is 4.64. The van der Waals surface area contributed by atoms with E-state index in [1.54, 1.807) is 12.0 Å². The van der Waals surface area contributed by atoms with Gasteiger partial charge in [0.05, 0.1) is 24.8 Å². The standard InChI is InChI=1S/C26H31N5O5/c1-14-21(25(33)30-17-8-9-31(11-17)26(34)15(2)32)23-24(29-14)22(27-13-28-23)19-7-6-18(35-3)10-20(19)36-12-16-4-5-16/h6-7,10,13,15-17,29,32H,4-5,8-9,11-12H2,1-3H3,(H,30,33)/t15-,17+/m0/s1. The van der Waals surface area contributed by atoms with Crippen LogP contribution in [-0.2, 0) is 4.79 Å². The zero-order valence-corrected chi connectivity index (χ0v) is 20.7. The molecule has 10 nitrogen and oxygen atoms in total. The van der Waals surface area contributed by atoms with Crippen LogP contribution < -0.4 is 14.8 Å². The summed E-state index contributed by atoms with van der Waals surface area (Å²) >= 11 is 0. The summed E-state index contributed by atoms with van der Waals surface area (Å²) in [6.07, 6.45) is 3.38. The van der Waals surface area contributed by atoms with Crippen molar-refractivity contribution < 1.29 is 24.2 Å². The minimum atomic E-state index is -1.05. The fraction of sp³-hybridized carbons (Fsp3) is 0.462. The van der Waals surface area contributed by atoms with Crippen LogP contribution in [0.1, 0.15) is 42.2 Å². The van der Waals surface area contributed by atoms with E-state index in [2.05, 4.69) is 20.3 Å². The minimum Gasteiger partial charge on any atom is -0.497 e. The molecule has 2 atom stereocenters. The summed E-state index contributed by atoms with van der Waals surface area (Å²) in [5.74, 6) is 1.36. The molecule has 1 aliphatic heterocycles. The highest BCUT2D eigenvalue weighted by Crippen LogP contribution is 2.38. The Balaban J connectivity index is 1.43. The number of aryl methyl sites for hydroxylation is 1. The van der Waals surface area contributed by atoms with Crippen LogP contribution in [0.4, 0.5) is 0 Å². The molecule has 190 valence electrons. The number of hydrogen-bond donors (Lipinski definition) is 3. The van der Waals surface area contributed by atoms with Crippen LogP contribution in [0.15, 0.2) is 24.5 Å². The minimum absolute atomic E-state index is 0.199. The van der Waals surface area contributed by atoms with Crippen molar-refractivity contribution in [3.63, 3.8) is 0 Å². The summed E-state index contributed by atoms with van der Waals surface area (Å²) in [5, 5.41) is 12.6. The van der Waals surface area contributed by atoms with Gasteiger partial charge in [0, 0.05) is 36.5 Å². The highest BCUT2D eigenvalue weighted by Gasteiger charge is 2.31. The van der Waals surface area contributed by atoms with Gasteiger partial charge >= 0.3 is 0 Å². The van der Waals surface area contributed by atoms with Gasteiger partial charge in [0.1, 0.15) is 35.1 Å². The van der Waals surface area contributed by atoms with Crippen molar-refractivity contribution in [3.05, 3.63) is 35.8 Å². The summed E-state index contributed by atoms with van der Waals surface area (Å²) in [6.45, 7) is 4.78. The van der Waals surface area contributed by atoms with Crippen molar-refractivity contribution in [1.29, 1.82) is 0 Å². The van der Waals surface area contributed by atoms with Gasteiger partial charge in [-0.1, -0.05) is 0 Å². The molecule has 5 rings (SSSR count). The Labute approximate surface area is 209 Å². The Kier molecular flexibility index (Phi) is 6.53. The van der Waals surface area contributed by atoms with E-state index in [1.165, 1.54) is 26.1 Å². The summed E-state index contributed by atoms with van der Waals surface area (Å²) < 4.78 is 11.5. The molecule has 10 heteroatoms. The smallest absolute Gasteiger partial charge is 0.255 e. The number of H-pyrrole nitrogens is 1. The van der Waals surface area contributed by atoms with Crippen molar-refractivity contribution in [3.8, 4) is 22.8 Å². The first-order valence-electron chi connectivity index (χ1n) is 12.3. The summed E-state index contributed by atoms with van der Waals surface area (Å²) in [5.41, 5.74) is 3.73. The second-order valence-electron chi connectivity index (χ2n) is 9.61. The molecule has 2 aromatic heterocycles. The first-order valence-corrected chi connectivity index (χ1v) is 12.3. The van der Waals surface area contributed by atoms with E-state index in [0.717, 1.165) is 5.56 Å². The van der Waals surface area contributed by atoms with E-state index in [4.69, 9.17) is 9.47 Å². The number of rotatable bonds is 8. The molecule has 2 fully saturated rings. The van der Waals surface area contributed by atoms with Crippen LogP contribution in [0, 0.1) is 12.8 Å².